The van der Waals surface area contributed by atoms with Gasteiger partial charge in [-0.25, -0.2) is 4.57 Å². The summed E-state index contributed by atoms with van der Waals surface area (Å²) < 4.78 is 23.6. The first kappa shape index (κ1) is 62.7. The summed E-state index contributed by atoms with van der Waals surface area (Å²) in [6.45, 7) is 4.76. The van der Waals surface area contributed by atoms with Crippen LogP contribution < -0.4 is 5.32 Å². The average Bonchev–Trinajstić information content (AvgIpc) is 3.25. The Morgan fingerprint density at radius 1 is 0.531 bits per heavy atom. The fourth-order valence-electron chi connectivity index (χ4n) is 8.02. The van der Waals surface area contributed by atoms with Crippen LogP contribution in [0.2, 0.25) is 0 Å². The van der Waals surface area contributed by atoms with Gasteiger partial charge in [0.2, 0.25) is 5.91 Å². The lowest BCUT2D eigenvalue weighted by Gasteiger charge is -2.25. The molecule has 3 N–H and O–H groups in total. The van der Waals surface area contributed by atoms with Crippen molar-refractivity contribution in [1.82, 2.24) is 5.32 Å². The van der Waals surface area contributed by atoms with E-state index in [1.807, 2.05) is 27.2 Å². The summed E-state index contributed by atoms with van der Waals surface area (Å²) in [5.41, 5.74) is 0. The Morgan fingerprint density at radius 3 is 1.34 bits per heavy atom. The number of carbonyl (C=O) groups is 1. The highest BCUT2D eigenvalue weighted by molar-refractivity contribution is 7.47. The molecule has 0 rings (SSSR count). The molecule has 64 heavy (non-hydrogen) atoms. The molecule has 0 spiro atoms. The number of aliphatic hydroxyl groups is 1. The molecule has 0 saturated heterocycles. The third-order valence-electron chi connectivity index (χ3n) is 12.3. The first-order chi connectivity index (χ1) is 31.0. The summed E-state index contributed by atoms with van der Waals surface area (Å²) in [5, 5.41) is 13.9. The molecule has 8 nitrogen and oxygen atoms in total. The van der Waals surface area contributed by atoms with Gasteiger partial charge in [0.05, 0.1) is 39.9 Å². The minimum absolute atomic E-state index is 0.0586. The van der Waals surface area contributed by atoms with Crippen molar-refractivity contribution in [2.24, 2.45) is 0 Å². The van der Waals surface area contributed by atoms with E-state index >= 15 is 0 Å². The predicted molar refractivity (Wildman–Crippen MR) is 277 cm³/mol. The standard InChI is InChI=1S/C55H107N2O6P/c1-6-8-10-12-14-16-18-20-21-22-23-24-25-26-27-28-29-30-31-32-33-34-35-37-38-40-42-44-46-48-54(58)53(52-63-64(60,61)62-51-50-57(3,4)5)56-55(59)49-47-45-43-41-39-36-19-17-15-13-11-9-7-2/h11,13,17,19,46,48,53-54,58H,6-10,12,14-16,18,20-45,47,49-52H2,1-5H3,(H-,56,59,60,61)/p+1/b13-11-,19-17-,48-46+. The molecule has 0 aliphatic heterocycles. The highest BCUT2D eigenvalue weighted by atomic mass is 31.2. The zero-order valence-electron chi connectivity index (χ0n) is 43.0. The average molecular weight is 924 g/mol. The Hall–Kier alpha value is -1.28. The molecule has 0 fully saturated rings. The molecule has 378 valence electrons. The van der Waals surface area contributed by atoms with Gasteiger partial charge in [-0.15, -0.1) is 0 Å². The molecule has 1 amide bonds. The number of phosphoric acid groups is 1. The molecule has 9 heteroatoms. The summed E-state index contributed by atoms with van der Waals surface area (Å²) >= 11 is 0. The van der Waals surface area contributed by atoms with Crippen LogP contribution in [0.5, 0.6) is 0 Å². The minimum Gasteiger partial charge on any atom is -0.387 e. The number of carbonyl (C=O) groups excluding carboxylic acids is 1. The molecule has 0 heterocycles. The van der Waals surface area contributed by atoms with E-state index in [0.717, 1.165) is 70.6 Å². The van der Waals surface area contributed by atoms with Crippen molar-refractivity contribution in [3.05, 3.63) is 36.5 Å². The van der Waals surface area contributed by atoms with E-state index in [0.29, 0.717) is 17.4 Å². The van der Waals surface area contributed by atoms with E-state index < -0.39 is 20.0 Å². The number of hydrogen-bond donors (Lipinski definition) is 3. The molecule has 0 aromatic carbocycles. The van der Waals surface area contributed by atoms with E-state index in [1.165, 1.54) is 167 Å². The van der Waals surface area contributed by atoms with Crippen molar-refractivity contribution in [3.8, 4) is 0 Å². The number of rotatable bonds is 50. The topological polar surface area (TPSA) is 105 Å². The normalized spacial score (nSPS) is 14.3. The molecule has 0 aromatic rings. The van der Waals surface area contributed by atoms with Gasteiger partial charge in [0, 0.05) is 6.42 Å². The highest BCUT2D eigenvalue weighted by Crippen LogP contribution is 2.43. The maximum atomic E-state index is 12.9. The van der Waals surface area contributed by atoms with Crippen molar-refractivity contribution in [3.63, 3.8) is 0 Å². The number of likely N-dealkylation sites (N-methyl/N-ethyl adjacent to an activating group) is 1. The lowest BCUT2D eigenvalue weighted by Crippen LogP contribution is -2.45. The molecular weight excluding hydrogens is 816 g/mol. The van der Waals surface area contributed by atoms with Crippen LogP contribution in [0.25, 0.3) is 0 Å². The Morgan fingerprint density at radius 2 is 0.922 bits per heavy atom. The van der Waals surface area contributed by atoms with Gasteiger partial charge in [0.15, 0.2) is 0 Å². The van der Waals surface area contributed by atoms with Crippen molar-refractivity contribution in [1.29, 1.82) is 0 Å². The van der Waals surface area contributed by atoms with Crippen molar-refractivity contribution < 1.29 is 32.9 Å². The Bertz CT molecular complexity index is 1140. The number of nitrogens with one attached hydrogen (secondary N) is 1. The fourth-order valence-corrected chi connectivity index (χ4v) is 8.76. The SMILES string of the molecule is CCC/C=C\C/C=C\CCCCCCCC(=O)NC(COP(=O)(O)OCC[N+](C)(C)C)C(O)/C=C/CCCCCCCCCCCCCCCCCCCCCCCCCCCCC. The lowest BCUT2D eigenvalue weighted by atomic mass is 10.0. The summed E-state index contributed by atoms with van der Waals surface area (Å²) in [6, 6.07) is -0.853. The van der Waals surface area contributed by atoms with Gasteiger partial charge < -0.3 is 19.8 Å². The Kier molecular flexibility index (Phi) is 45.9. The number of unbranched alkanes of at least 4 members (excludes halogenated alkanes) is 33. The van der Waals surface area contributed by atoms with Gasteiger partial charge in [-0.05, 0) is 44.9 Å². The second kappa shape index (κ2) is 46.8. The monoisotopic (exact) mass is 924 g/mol. The van der Waals surface area contributed by atoms with Crippen LogP contribution in [0, 0.1) is 0 Å². The van der Waals surface area contributed by atoms with Crippen LogP contribution in [0.15, 0.2) is 36.5 Å². The number of aliphatic hydroxyl groups excluding tert-OH is 1. The van der Waals surface area contributed by atoms with Crippen LogP contribution in [0.3, 0.4) is 0 Å². The molecule has 3 unspecified atom stereocenters. The first-order valence-electron chi connectivity index (χ1n) is 27.4. The summed E-state index contributed by atoms with van der Waals surface area (Å²) in [7, 11) is 1.57. The number of allylic oxidation sites excluding steroid dienone is 5. The molecule has 0 aliphatic rings. The van der Waals surface area contributed by atoms with Gasteiger partial charge >= 0.3 is 7.82 Å². The number of amides is 1. The quantitative estimate of drug-likeness (QED) is 0.0243. The van der Waals surface area contributed by atoms with Crippen molar-refractivity contribution in [2.75, 3.05) is 40.9 Å². The number of phosphoric ester groups is 1. The van der Waals surface area contributed by atoms with E-state index in [1.54, 1.807) is 6.08 Å². The van der Waals surface area contributed by atoms with Crippen LogP contribution in [0.1, 0.15) is 258 Å². The van der Waals surface area contributed by atoms with E-state index in [-0.39, 0.29) is 19.1 Å². The minimum atomic E-state index is -4.35. The molecular formula is C55H108N2O6P+. The van der Waals surface area contributed by atoms with Crippen LogP contribution in [-0.2, 0) is 18.4 Å². The zero-order chi connectivity index (χ0) is 47.1. The summed E-state index contributed by atoms with van der Waals surface area (Å²) in [6.07, 6.45) is 59.7. The maximum absolute atomic E-state index is 12.9. The summed E-state index contributed by atoms with van der Waals surface area (Å²) in [5.74, 6) is -0.190. The van der Waals surface area contributed by atoms with Gasteiger partial charge in [0.1, 0.15) is 13.2 Å². The molecule has 0 bridgehead atoms. The third kappa shape index (κ3) is 48.6. The molecule has 3 atom stereocenters. The van der Waals surface area contributed by atoms with Crippen molar-refractivity contribution in [2.45, 2.75) is 270 Å². The van der Waals surface area contributed by atoms with Crippen molar-refractivity contribution >= 4 is 13.7 Å². The van der Waals surface area contributed by atoms with E-state index in [2.05, 4.69) is 43.5 Å². The smallest absolute Gasteiger partial charge is 0.387 e. The number of nitrogens with zero attached hydrogens (tertiary/aromatic N) is 1. The van der Waals surface area contributed by atoms with Crippen LogP contribution in [-0.4, -0.2) is 73.4 Å². The predicted octanol–water partition coefficient (Wildman–Crippen LogP) is 16.2. The van der Waals surface area contributed by atoms with Gasteiger partial charge in [-0.1, -0.05) is 243 Å². The Balaban J connectivity index is 4.12. The van der Waals surface area contributed by atoms with Gasteiger partial charge in [-0.3, -0.25) is 13.8 Å². The van der Waals surface area contributed by atoms with Crippen LogP contribution in [0.4, 0.5) is 0 Å². The zero-order valence-corrected chi connectivity index (χ0v) is 43.9. The second-order valence-corrected chi connectivity index (χ2v) is 21.4. The Labute approximate surface area is 397 Å². The molecule has 0 aliphatic carbocycles. The first-order valence-corrected chi connectivity index (χ1v) is 28.9. The lowest BCUT2D eigenvalue weighted by molar-refractivity contribution is -0.870. The molecule has 0 radical (unpaired) electrons. The van der Waals surface area contributed by atoms with Gasteiger partial charge in [-0.2, -0.15) is 0 Å². The van der Waals surface area contributed by atoms with E-state index in [4.69, 9.17) is 9.05 Å². The summed E-state index contributed by atoms with van der Waals surface area (Å²) in [4.78, 5) is 23.2. The van der Waals surface area contributed by atoms with Crippen LogP contribution >= 0.6 is 7.82 Å². The van der Waals surface area contributed by atoms with E-state index in [9.17, 15) is 19.4 Å². The fraction of sp³-hybridized carbons (Fsp3) is 0.873. The second-order valence-electron chi connectivity index (χ2n) is 20.0. The number of hydrogen-bond acceptors (Lipinski definition) is 5. The van der Waals surface area contributed by atoms with Gasteiger partial charge in [0.25, 0.3) is 0 Å². The molecule has 0 saturated carbocycles. The maximum Gasteiger partial charge on any atom is 0.472 e. The third-order valence-corrected chi connectivity index (χ3v) is 13.3. The largest absolute Gasteiger partial charge is 0.472 e. The molecule has 0 aromatic heterocycles. The highest BCUT2D eigenvalue weighted by Gasteiger charge is 2.27. The number of quaternary nitrogens is 1.